The third-order valence-corrected chi connectivity index (χ3v) is 4.89. The summed E-state index contributed by atoms with van der Waals surface area (Å²) in [6, 6.07) is 18.4. The van der Waals surface area contributed by atoms with E-state index in [0.29, 0.717) is 11.3 Å². The van der Waals surface area contributed by atoms with Gasteiger partial charge in [0.2, 0.25) is 0 Å². The van der Waals surface area contributed by atoms with Crippen LogP contribution in [0.15, 0.2) is 65.6 Å². The highest BCUT2D eigenvalue weighted by Crippen LogP contribution is 2.12. The molecule has 2 aromatic carbocycles. The van der Waals surface area contributed by atoms with Gasteiger partial charge in [-0.3, -0.25) is 0 Å². The summed E-state index contributed by atoms with van der Waals surface area (Å²) in [4.78, 5) is 0.403. The maximum absolute atomic E-state index is 12.1. The Morgan fingerprint density at radius 3 is 2.10 bits per heavy atom. The number of unbranched alkanes of at least 4 members (excludes halogenated alkanes) is 2. The predicted molar refractivity (Wildman–Crippen MR) is 85.7 cm³/mol. The number of rotatable bonds is 5. The summed E-state index contributed by atoms with van der Waals surface area (Å²) in [6.45, 7) is 0. The molecule has 0 saturated heterocycles. The summed E-state index contributed by atoms with van der Waals surface area (Å²) in [6.07, 6.45) is 2.16. The van der Waals surface area contributed by atoms with Gasteiger partial charge in [0.1, 0.15) is 0 Å². The second kappa shape index (κ2) is 7.66. The van der Waals surface area contributed by atoms with E-state index in [-0.39, 0.29) is 5.75 Å². The van der Waals surface area contributed by atoms with E-state index < -0.39 is 9.84 Å². The van der Waals surface area contributed by atoms with Crippen LogP contribution in [-0.2, 0) is 9.84 Å². The molecule has 0 aromatic heterocycles. The molecular formula is C18H18O2S. The van der Waals surface area contributed by atoms with Gasteiger partial charge in [0.05, 0.1) is 10.6 Å². The molecule has 0 N–H and O–H groups in total. The highest BCUT2D eigenvalue weighted by molar-refractivity contribution is 7.91. The fourth-order valence-electron chi connectivity index (χ4n) is 1.94. The highest BCUT2D eigenvalue weighted by Gasteiger charge is 2.12. The van der Waals surface area contributed by atoms with Crippen molar-refractivity contribution in [3.63, 3.8) is 0 Å². The van der Waals surface area contributed by atoms with Crippen LogP contribution in [0.4, 0.5) is 0 Å². The average Bonchev–Trinajstić information content (AvgIpc) is 2.52. The van der Waals surface area contributed by atoms with Crippen molar-refractivity contribution in [2.45, 2.75) is 24.2 Å². The molecule has 0 spiro atoms. The largest absolute Gasteiger partial charge is 0.224 e. The van der Waals surface area contributed by atoms with Crippen LogP contribution in [0.5, 0.6) is 0 Å². The second-order valence-electron chi connectivity index (χ2n) is 4.76. The molecule has 0 fully saturated rings. The summed E-state index contributed by atoms with van der Waals surface area (Å²) in [5.41, 5.74) is 0.995. The van der Waals surface area contributed by atoms with Gasteiger partial charge in [-0.15, -0.1) is 0 Å². The Balaban J connectivity index is 1.77. The maximum Gasteiger partial charge on any atom is 0.178 e. The molecule has 2 rings (SSSR count). The van der Waals surface area contributed by atoms with Gasteiger partial charge in [-0.05, 0) is 37.1 Å². The first-order valence-electron chi connectivity index (χ1n) is 7.00. The van der Waals surface area contributed by atoms with Crippen molar-refractivity contribution in [3.8, 4) is 11.8 Å². The summed E-state index contributed by atoms with van der Waals surface area (Å²) < 4.78 is 24.1. The quantitative estimate of drug-likeness (QED) is 0.623. The van der Waals surface area contributed by atoms with Crippen LogP contribution in [0.2, 0.25) is 0 Å². The smallest absolute Gasteiger partial charge is 0.178 e. The molecule has 0 heterocycles. The SMILES string of the molecule is O=S(=O)(CCCCC#Cc1ccccc1)c1ccccc1. The van der Waals surface area contributed by atoms with Gasteiger partial charge in [0, 0.05) is 12.0 Å². The normalized spacial score (nSPS) is 10.7. The number of hydrogen-bond acceptors (Lipinski definition) is 2. The molecule has 0 bridgehead atoms. The fourth-order valence-corrected chi connectivity index (χ4v) is 3.33. The van der Waals surface area contributed by atoms with E-state index >= 15 is 0 Å². The average molecular weight is 298 g/mol. The van der Waals surface area contributed by atoms with Gasteiger partial charge in [-0.25, -0.2) is 8.42 Å². The van der Waals surface area contributed by atoms with E-state index in [1.807, 2.05) is 36.4 Å². The van der Waals surface area contributed by atoms with Gasteiger partial charge >= 0.3 is 0 Å². The van der Waals surface area contributed by atoms with Crippen LogP contribution in [-0.4, -0.2) is 14.2 Å². The first-order chi connectivity index (χ1) is 10.2. The zero-order valence-corrected chi connectivity index (χ0v) is 12.6. The minimum absolute atomic E-state index is 0.185. The predicted octanol–water partition coefficient (Wildman–Crippen LogP) is 3.68. The van der Waals surface area contributed by atoms with E-state index in [9.17, 15) is 8.42 Å². The molecule has 108 valence electrons. The summed E-state index contributed by atoms with van der Waals surface area (Å²) in [7, 11) is -3.15. The lowest BCUT2D eigenvalue weighted by atomic mass is 10.2. The Labute approximate surface area is 126 Å². The molecule has 0 aliphatic rings. The lowest BCUT2D eigenvalue weighted by molar-refractivity contribution is 0.592. The molecule has 0 saturated carbocycles. The van der Waals surface area contributed by atoms with Crippen molar-refractivity contribution in [2.24, 2.45) is 0 Å². The number of benzene rings is 2. The molecule has 0 radical (unpaired) electrons. The van der Waals surface area contributed by atoms with E-state index in [4.69, 9.17) is 0 Å². The van der Waals surface area contributed by atoms with Crippen LogP contribution >= 0.6 is 0 Å². The standard InChI is InChI=1S/C18H18O2S/c19-21(20,18-14-8-4-9-15-18)16-10-2-1-5-11-17-12-6-3-7-13-17/h3-4,6-9,12-15H,1-2,10,16H2. The third kappa shape index (κ3) is 5.09. The van der Waals surface area contributed by atoms with E-state index in [1.54, 1.807) is 24.3 Å². The molecule has 2 nitrogen and oxygen atoms in total. The molecule has 0 amide bonds. The first-order valence-corrected chi connectivity index (χ1v) is 8.65. The zero-order valence-electron chi connectivity index (χ0n) is 11.8. The Morgan fingerprint density at radius 2 is 1.43 bits per heavy atom. The van der Waals surface area contributed by atoms with Crippen LogP contribution in [0.25, 0.3) is 0 Å². The highest BCUT2D eigenvalue weighted by atomic mass is 32.2. The van der Waals surface area contributed by atoms with E-state index in [2.05, 4.69) is 11.8 Å². The Bertz CT molecular complexity index is 708. The van der Waals surface area contributed by atoms with Gasteiger partial charge in [-0.1, -0.05) is 48.2 Å². The molecular weight excluding hydrogens is 280 g/mol. The molecule has 0 atom stereocenters. The van der Waals surface area contributed by atoms with Gasteiger partial charge in [0.15, 0.2) is 9.84 Å². The van der Waals surface area contributed by atoms with Crippen LogP contribution in [0.3, 0.4) is 0 Å². The Kier molecular flexibility index (Phi) is 5.59. The van der Waals surface area contributed by atoms with Crippen LogP contribution < -0.4 is 0 Å². The lowest BCUT2D eigenvalue weighted by Crippen LogP contribution is -2.06. The van der Waals surface area contributed by atoms with Gasteiger partial charge in [-0.2, -0.15) is 0 Å². The van der Waals surface area contributed by atoms with Crippen molar-refractivity contribution in [3.05, 3.63) is 66.2 Å². The minimum atomic E-state index is -3.15. The monoisotopic (exact) mass is 298 g/mol. The Hall–Kier alpha value is -2.05. The summed E-state index contributed by atoms with van der Waals surface area (Å²) >= 11 is 0. The molecule has 0 unspecified atom stereocenters. The van der Waals surface area contributed by atoms with Crippen molar-refractivity contribution < 1.29 is 8.42 Å². The lowest BCUT2D eigenvalue weighted by Gasteiger charge is -2.02. The molecule has 0 aliphatic heterocycles. The van der Waals surface area contributed by atoms with Crippen LogP contribution in [0.1, 0.15) is 24.8 Å². The van der Waals surface area contributed by atoms with Gasteiger partial charge < -0.3 is 0 Å². The van der Waals surface area contributed by atoms with Gasteiger partial charge in [0.25, 0.3) is 0 Å². The topological polar surface area (TPSA) is 34.1 Å². The maximum atomic E-state index is 12.1. The van der Waals surface area contributed by atoms with Crippen molar-refractivity contribution >= 4 is 9.84 Å². The van der Waals surface area contributed by atoms with E-state index in [1.165, 1.54) is 0 Å². The number of hydrogen-bond donors (Lipinski definition) is 0. The third-order valence-electron chi connectivity index (χ3n) is 3.07. The fraction of sp³-hybridized carbons (Fsp3) is 0.222. The minimum Gasteiger partial charge on any atom is -0.224 e. The zero-order chi connectivity index (χ0) is 15.0. The molecule has 2 aromatic rings. The first kappa shape index (κ1) is 15.3. The van der Waals surface area contributed by atoms with Crippen molar-refractivity contribution in [2.75, 3.05) is 5.75 Å². The molecule has 3 heteroatoms. The summed E-state index contributed by atoms with van der Waals surface area (Å²) in [5, 5.41) is 0. The van der Waals surface area contributed by atoms with Crippen molar-refractivity contribution in [1.82, 2.24) is 0 Å². The molecule has 21 heavy (non-hydrogen) atoms. The van der Waals surface area contributed by atoms with Crippen LogP contribution in [0, 0.1) is 11.8 Å². The number of sulfone groups is 1. The second-order valence-corrected chi connectivity index (χ2v) is 6.87. The van der Waals surface area contributed by atoms with Crippen molar-refractivity contribution in [1.29, 1.82) is 0 Å². The Morgan fingerprint density at radius 1 is 0.810 bits per heavy atom. The van der Waals surface area contributed by atoms with E-state index in [0.717, 1.165) is 18.4 Å². The molecule has 0 aliphatic carbocycles. The summed E-state index contributed by atoms with van der Waals surface area (Å²) in [5.74, 6) is 6.34.